The highest BCUT2D eigenvalue weighted by Gasteiger charge is 2.31. The van der Waals surface area contributed by atoms with Gasteiger partial charge in [-0.3, -0.25) is 9.59 Å². The summed E-state index contributed by atoms with van der Waals surface area (Å²) in [6.07, 6.45) is 4.14. The van der Waals surface area contributed by atoms with Crippen molar-refractivity contribution < 1.29 is 9.59 Å². The zero-order valence-corrected chi connectivity index (χ0v) is 14.4. The van der Waals surface area contributed by atoms with Crippen molar-refractivity contribution in [2.75, 3.05) is 6.54 Å². The molecule has 1 aromatic rings. The maximum atomic E-state index is 12.6. The molecule has 5 heteroatoms. The Morgan fingerprint density at radius 3 is 2.92 bits per heavy atom. The second kappa shape index (κ2) is 7.79. The fourth-order valence-electron chi connectivity index (χ4n) is 3.63. The van der Waals surface area contributed by atoms with Gasteiger partial charge in [-0.1, -0.05) is 25.1 Å². The zero-order valence-electron chi connectivity index (χ0n) is 14.4. The minimum absolute atomic E-state index is 0.0159. The molecule has 1 saturated heterocycles. The highest BCUT2D eigenvalue weighted by atomic mass is 16.2. The van der Waals surface area contributed by atoms with Gasteiger partial charge in [0, 0.05) is 32.6 Å². The van der Waals surface area contributed by atoms with Crippen LogP contribution < -0.4 is 10.6 Å². The van der Waals surface area contributed by atoms with Crippen LogP contribution in [0.2, 0.25) is 0 Å². The number of fused-ring (bicyclic) bond motifs is 1. The minimum Gasteiger partial charge on any atom is -0.350 e. The quantitative estimate of drug-likeness (QED) is 0.869. The van der Waals surface area contributed by atoms with Gasteiger partial charge in [-0.2, -0.15) is 0 Å². The molecule has 5 nitrogen and oxygen atoms in total. The van der Waals surface area contributed by atoms with Crippen LogP contribution in [-0.4, -0.2) is 29.3 Å². The average Bonchev–Trinajstić information content (AvgIpc) is 3.07. The van der Waals surface area contributed by atoms with E-state index in [1.165, 1.54) is 11.1 Å². The maximum absolute atomic E-state index is 12.6. The van der Waals surface area contributed by atoms with Gasteiger partial charge in [-0.15, -0.1) is 0 Å². The van der Waals surface area contributed by atoms with Crippen molar-refractivity contribution in [3.05, 3.63) is 34.9 Å². The lowest BCUT2D eigenvalue weighted by molar-refractivity contribution is -0.142. The van der Waals surface area contributed by atoms with E-state index in [-0.39, 0.29) is 17.9 Å². The van der Waals surface area contributed by atoms with E-state index in [2.05, 4.69) is 28.8 Å². The highest BCUT2D eigenvalue weighted by molar-refractivity contribution is 5.87. The third-order valence-electron chi connectivity index (χ3n) is 4.96. The normalized spacial score (nSPS) is 19.9. The van der Waals surface area contributed by atoms with Crippen LogP contribution in [0.3, 0.4) is 0 Å². The van der Waals surface area contributed by atoms with E-state index < -0.39 is 0 Å². The number of hydrogen-bond donors (Lipinski definition) is 2. The monoisotopic (exact) mass is 329 g/mol. The van der Waals surface area contributed by atoms with E-state index in [0.29, 0.717) is 19.5 Å². The summed E-state index contributed by atoms with van der Waals surface area (Å²) in [5.74, 6) is 0.0960. The van der Waals surface area contributed by atoms with Crippen molar-refractivity contribution in [1.82, 2.24) is 15.5 Å². The van der Waals surface area contributed by atoms with Gasteiger partial charge in [0.2, 0.25) is 11.8 Å². The van der Waals surface area contributed by atoms with Gasteiger partial charge in [-0.05, 0) is 42.4 Å². The highest BCUT2D eigenvalue weighted by Crippen LogP contribution is 2.20. The predicted molar refractivity (Wildman–Crippen MR) is 93.1 cm³/mol. The van der Waals surface area contributed by atoms with E-state index in [1.807, 2.05) is 6.92 Å². The standard InChI is InChI=1S/C19H27N3O2/c1-2-5-18(23)22-9-4-3-6-17(22)19(24)21-11-14-7-8-15-12-20-13-16(15)10-14/h7-8,10,17,20H,2-6,9,11-13H2,1H3,(H,21,24). The van der Waals surface area contributed by atoms with E-state index in [9.17, 15) is 9.59 Å². The van der Waals surface area contributed by atoms with Gasteiger partial charge in [0.25, 0.3) is 0 Å². The van der Waals surface area contributed by atoms with Gasteiger partial charge in [-0.25, -0.2) is 0 Å². The Balaban J connectivity index is 1.59. The molecule has 0 saturated carbocycles. The van der Waals surface area contributed by atoms with Gasteiger partial charge < -0.3 is 15.5 Å². The first-order chi connectivity index (χ1) is 11.7. The lowest BCUT2D eigenvalue weighted by atomic mass is 10.0. The second-order valence-electron chi connectivity index (χ2n) is 6.77. The molecular weight excluding hydrogens is 302 g/mol. The molecule has 1 aromatic carbocycles. The molecule has 130 valence electrons. The van der Waals surface area contributed by atoms with Gasteiger partial charge in [0.1, 0.15) is 6.04 Å². The van der Waals surface area contributed by atoms with E-state index >= 15 is 0 Å². The van der Waals surface area contributed by atoms with Crippen LogP contribution in [0.4, 0.5) is 0 Å². The van der Waals surface area contributed by atoms with Crippen molar-refractivity contribution in [3.63, 3.8) is 0 Å². The summed E-state index contributed by atoms with van der Waals surface area (Å²) in [6, 6.07) is 6.08. The topological polar surface area (TPSA) is 61.4 Å². The molecule has 2 aliphatic heterocycles. The average molecular weight is 329 g/mol. The molecule has 0 spiro atoms. The van der Waals surface area contributed by atoms with Crippen LogP contribution >= 0.6 is 0 Å². The Labute approximate surface area is 143 Å². The van der Waals surface area contributed by atoms with Crippen molar-refractivity contribution in [3.8, 4) is 0 Å². The van der Waals surface area contributed by atoms with Crippen LogP contribution in [0, 0.1) is 0 Å². The molecule has 0 aliphatic carbocycles. The van der Waals surface area contributed by atoms with Crippen LogP contribution in [-0.2, 0) is 29.2 Å². The van der Waals surface area contributed by atoms with Gasteiger partial charge in [0.05, 0.1) is 0 Å². The molecule has 1 atom stereocenters. The van der Waals surface area contributed by atoms with Crippen molar-refractivity contribution in [2.45, 2.75) is 64.7 Å². The van der Waals surface area contributed by atoms with Crippen molar-refractivity contribution in [2.24, 2.45) is 0 Å². The number of carbonyl (C=O) groups is 2. The molecule has 2 aliphatic rings. The summed E-state index contributed by atoms with van der Waals surface area (Å²) >= 11 is 0. The van der Waals surface area contributed by atoms with Crippen LogP contribution in [0.15, 0.2) is 18.2 Å². The van der Waals surface area contributed by atoms with Crippen molar-refractivity contribution in [1.29, 1.82) is 0 Å². The fourth-order valence-corrected chi connectivity index (χ4v) is 3.63. The molecule has 0 aromatic heterocycles. The molecule has 24 heavy (non-hydrogen) atoms. The Morgan fingerprint density at radius 1 is 1.25 bits per heavy atom. The first-order valence-electron chi connectivity index (χ1n) is 9.07. The molecule has 2 N–H and O–H groups in total. The lowest BCUT2D eigenvalue weighted by Crippen LogP contribution is -2.51. The molecule has 0 radical (unpaired) electrons. The number of nitrogens with zero attached hydrogens (tertiary/aromatic N) is 1. The largest absolute Gasteiger partial charge is 0.350 e. The van der Waals surface area contributed by atoms with Gasteiger partial charge >= 0.3 is 0 Å². The lowest BCUT2D eigenvalue weighted by Gasteiger charge is -2.34. The van der Waals surface area contributed by atoms with Gasteiger partial charge in [0.15, 0.2) is 0 Å². The number of amides is 2. The number of rotatable bonds is 5. The zero-order chi connectivity index (χ0) is 16.9. The SMILES string of the molecule is CCCC(=O)N1CCCCC1C(=O)NCc1ccc2c(c1)CNC2. The number of nitrogens with one attached hydrogen (secondary N) is 2. The summed E-state index contributed by atoms with van der Waals surface area (Å²) in [5, 5.41) is 6.36. The summed E-state index contributed by atoms with van der Waals surface area (Å²) < 4.78 is 0. The molecule has 1 fully saturated rings. The van der Waals surface area contributed by atoms with Crippen LogP contribution in [0.25, 0.3) is 0 Å². The Kier molecular flexibility index (Phi) is 5.51. The molecule has 2 amide bonds. The first kappa shape index (κ1) is 17.0. The first-order valence-corrected chi connectivity index (χ1v) is 9.07. The summed E-state index contributed by atoms with van der Waals surface area (Å²) in [7, 11) is 0. The Morgan fingerprint density at radius 2 is 2.08 bits per heavy atom. The van der Waals surface area contributed by atoms with E-state index in [0.717, 1.165) is 44.3 Å². The number of piperidine rings is 1. The van der Waals surface area contributed by atoms with Crippen LogP contribution in [0.5, 0.6) is 0 Å². The minimum atomic E-state index is -0.297. The Hall–Kier alpha value is -1.88. The predicted octanol–water partition coefficient (Wildman–Crippen LogP) is 2.09. The second-order valence-corrected chi connectivity index (χ2v) is 6.77. The molecule has 1 unspecified atom stereocenters. The van der Waals surface area contributed by atoms with Crippen LogP contribution in [0.1, 0.15) is 55.7 Å². The van der Waals surface area contributed by atoms with E-state index in [4.69, 9.17) is 0 Å². The third kappa shape index (κ3) is 3.78. The third-order valence-corrected chi connectivity index (χ3v) is 4.96. The molecular formula is C19H27N3O2. The summed E-state index contributed by atoms with van der Waals surface area (Å²) in [4.78, 5) is 26.6. The van der Waals surface area contributed by atoms with E-state index in [1.54, 1.807) is 4.90 Å². The summed E-state index contributed by atoms with van der Waals surface area (Å²) in [5.41, 5.74) is 3.78. The molecule has 2 heterocycles. The smallest absolute Gasteiger partial charge is 0.243 e. The number of benzene rings is 1. The fraction of sp³-hybridized carbons (Fsp3) is 0.579. The number of hydrogen-bond acceptors (Lipinski definition) is 3. The Bertz CT molecular complexity index is 615. The van der Waals surface area contributed by atoms with Crippen molar-refractivity contribution >= 4 is 11.8 Å². The molecule has 0 bridgehead atoms. The number of carbonyl (C=O) groups excluding carboxylic acids is 2. The number of likely N-dealkylation sites (tertiary alicyclic amines) is 1. The summed E-state index contributed by atoms with van der Waals surface area (Å²) in [6.45, 7) is 5.07. The molecule has 3 rings (SSSR count). The maximum Gasteiger partial charge on any atom is 0.243 e.